The standard InChI is InChI=1S/C23H30N6O2S2/c30-19(15-9-3-1-4-10-15)26-22(32)28-29(21-24-17-13-7-8-14-18(17)25-21)23(33)27-20(31)16-11-5-2-6-12-16/h7-8,13-16H,1-6,9-12H2,(H,24,25)(H,27,31,33)(H2,26,28,30,32). The van der Waals surface area contributed by atoms with Crippen LogP contribution in [-0.2, 0) is 9.59 Å². The molecular formula is C23H30N6O2S2. The quantitative estimate of drug-likeness (QED) is 0.386. The van der Waals surface area contributed by atoms with E-state index in [4.69, 9.17) is 24.4 Å². The average molecular weight is 487 g/mol. The van der Waals surface area contributed by atoms with Crippen molar-refractivity contribution in [1.29, 1.82) is 0 Å². The molecule has 2 aliphatic carbocycles. The summed E-state index contributed by atoms with van der Waals surface area (Å²) in [5.74, 6) is 0.108. The molecule has 0 unspecified atom stereocenters. The largest absolute Gasteiger partial charge is 0.322 e. The van der Waals surface area contributed by atoms with Crippen molar-refractivity contribution in [2.45, 2.75) is 64.2 Å². The fourth-order valence-corrected chi connectivity index (χ4v) is 5.01. The molecule has 4 N–H and O–H groups in total. The number of fused-ring (bicyclic) bond motifs is 1. The number of carbonyl (C=O) groups excluding carboxylic acids is 2. The van der Waals surface area contributed by atoms with Crippen molar-refractivity contribution in [3.63, 3.8) is 0 Å². The number of nitrogens with one attached hydrogen (secondary N) is 4. The highest BCUT2D eigenvalue weighted by molar-refractivity contribution is 7.81. The minimum atomic E-state index is -0.0974. The molecule has 0 bridgehead atoms. The summed E-state index contributed by atoms with van der Waals surface area (Å²) in [5.41, 5.74) is 4.52. The smallest absolute Gasteiger partial charge is 0.229 e. The minimum absolute atomic E-state index is 0.0314. The second kappa shape index (κ2) is 11.0. The molecule has 0 radical (unpaired) electrons. The zero-order valence-corrected chi connectivity index (χ0v) is 20.2. The molecule has 2 fully saturated rings. The van der Waals surface area contributed by atoms with E-state index >= 15 is 0 Å². The van der Waals surface area contributed by atoms with Crippen molar-refractivity contribution in [2.75, 3.05) is 5.01 Å². The van der Waals surface area contributed by atoms with Crippen molar-refractivity contribution < 1.29 is 9.59 Å². The topological polar surface area (TPSA) is 102 Å². The van der Waals surface area contributed by atoms with Crippen LogP contribution in [0.1, 0.15) is 64.2 Å². The molecule has 2 amide bonds. The number of H-pyrrole nitrogens is 1. The molecule has 1 heterocycles. The molecule has 8 nitrogen and oxygen atoms in total. The van der Waals surface area contributed by atoms with Gasteiger partial charge in [-0.3, -0.25) is 15.0 Å². The molecule has 1 aromatic heterocycles. The zero-order chi connectivity index (χ0) is 23.2. The van der Waals surface area contributed by atoms with Gasteiger partial charge in [0, 0.05) is 11.8 Å². The van der Waals surface area contributed by atoms with Crippen molar-refractivity contribution in [3.05, 3.63) is 24.3 Å². The number of hydrazine groups is 1. The number of rotatable bonds is 3. The van der Waals surface area contributed by atoms with Crippen LogP contribution in [0, 0.1) is 11.8 Å². The molecule has 2 aliphatic rings. The van der Waals surface area contributed by atoms with Gasteiger partial charge < -0.3 is 15.6 Å². The lowest BCUT2D eigenvalue weighted by molar-refractivity contribution is -0.125. The van der Waals surface area contributed by atoms with Gasteiger partial charge in [0.25, 0.3) is 0 Å². The minimum Gasteiger partial charge on any atom is -0.322 e. The molecule has 2 saturated carbocycles. The first-order chi connectivity index (χ1) is 16.0. The first-order valence-electron chi connectivity index (χ1n) is 11.7. The van der Waals surface area contributed by atoms with Crippen LogP contribution in [-0.4, -0.2) is 32.0 Å². The number of amides is 2. The van der Waals surface area contributed by atoms with Crippen LogP contribution in [0.3, 0.4) is 0 Å². The number of hydrogen-bond donors (Lipinski definition) is 4. The number of thiocarbonyl (C=S) groups is 2. The van der Waals surface area contributed by atoms with Gasteiger partial charge in [0.1, 0.15) is 0 Å². The average Bonchev–Trinajstić information content (AvgIpc) is 3.27. The van der Waals surface area contributed by atoms with Crippen LogP contribution >= 0.6 is 24.4 Å². The molecule has 0 atom stereocenters. The maximum atomic E-state index is 12.8. The van der Waals surface area contributed by atoms with E-state index in [1.54, 1.807) is 0 Å². The number of para-hydroxylation sites is 2. The van der Waals surface area contributed by atoms with E-state index in [1.807, 2.05) is 24.3 Å². The molecule has 0 spiro atoms. The number of anilines is 1. The summed E-state index contributed by atoms with van der Waals surface area (Å²) in [7, 11) is 0. The van der Waals surface area contributed by atoms with Crippen LogP contribution in [0.5, 0.6) is 0 Å². The molecule has 176 valence electrons. The third-order valence-corrected chi connectivity index (χ3v) is 6.90. The summed E-state index contributed by atoms with van der Waals surface area (Å²) in [6.45, 7) is 0. The second-order valence-electron chi connectivity index (χ2n) is 8.81. The molecule has 4 rings (SSSR count). The Morgan fingerprint density at radius 1 is 0.879 bits per heavy atom. The number of benzene rings is 1. The third-order valence-electron chi connectivity index (χ3n) is 6.42. The maximum Gasteiger partial charge on any atom is 0.229 e. The van der Waals surface area contributed by atoms with Crippen molar-refractivity contribution in [2.24, 2.45) is 11.8 Å². The Morgan fingerprint density at radius 2 is 1.45 bits per heavy atom. The summed E-state index contributed by atoms with van der Waals surface area (Å²) in [6.07, 6.45) is 10.0. The lowest BCUT2D eigenvalue weighted by Gasteiger charge is -2.27. The summed E-state index contributed by atoms with van der Waals surface area (Å²) in [5, 5.41) is 7.27. The predicted molar refractivity (Wildman–Crippen MR) is 136 cm³/mol. The number of nitrogens with zero attached hydrogens (tertiary/aromatic N) is 2. The monoisotopic (exact) mass is 486 g/mol. The van der Waals surface area contributed by atoms with Crippen molar-refractivity contribution in [3.8, 4) is 0 Å². The van der Waals surface area contributed by atoms with Crippen molar-refractivity contribution in [1.82, 2.24) is 26.0 Å². The van der Waals surface area contributed by atoms with Gasteiger partial charge in [0.2, 0.25) is 22.9 Å². The fourth-order valence-electron chi connectivity index (χ4n) is 4.58. The Labute approximate surface area is 204 Å². The Kier molecular flexibility index (Phi) is 7.87. The zero-order valence-electron chi connectivity index (χ0n) is 18.6. The van der Waals surface area contributed by atoms with Crippen LogP contribution < -0.4 is 21.1 Å². The van der Waals surface area contributed by atoms with Gasteiger partial charge in [-0.15, -0.1) is 0 Å². The number of hydrogen-bond acceptors (Lipinski definition) is 5. The van der Waals surface area contributed by atoms with Gasteiger partial charge in [-0.2, -0.15) is 5.01 Å². The Hall–Kier alpha value is -2.59. The first-order valence-corrected chi connectivity index (χ1v) is 12.5. The van der Waals surface area contributed by atoms with Crippen LogP contribution in [0.25, 0.3) is 11.0 Å². The second-order valence-corrected chi connectivity index (χ2v) is 9.60. The van der Waals surface area contributed by atoms with Crippen molar-refractivity contribution >= 4 is 63.5 Å². The highest BCUT2D eigenvalue weighted by Crippen LogP contribution is 2.25. The lowest BCUT2D eigenvalue weighted by atomic mass is 9.89. The molecule has 1 aromatic carbocycles. The van der Waals surface area contributed by atoms with Crippen LogP contribution in [0.2, 0.25) is 0 Å². The van der Waals surface area contributed by atoms with E-state index in [1.165, 1.54) is 11.4 Å². The molecule has 0 saturated heterocycles. The fraction of sp³-hybridized carbons (Fsp3) is 0.522. The summed E-state index contributed by atoms with van der Waals surface area (Å²) < 4.78 is 0. The SMILES string of the molecule is O=C(NC(=S)NN(C(=S)NC(=O)C1CCCCC1)c1nc2ccccc2[nH]1)C1CCCCC1. The number of carbonyl (C=O) groups is 2. The first kappa shape index (κ1) is 23.6. The van der Waals surface area contributed by atoms with E-state index in [0.717, 1.165) is 68.8 Å². The summed E-state index contributed by atoms with van der Waals surface area (Å²) in [4.78, 5) is 33.2. The highest BCUT2D eigenvalue weighted by Gasteiger charge is 2.26. The van der Waals surface area contributed by atoms with Gasteiger partial charge >= 0.3 is 0 Å². The van der Waals surface area contributed by atoms with Crippen LogP contribution in [0.15, 0.2) is 24.3 Å². The normalized spacial score (nSPS) is 17.3. The molecule has 2 aromatic rings. The Balaban J connectivity index is 1.48. The van der Waals surface area contributed by atoms with Gasteiger partial charge in [-0.1, -0.05) is 50.7 Å². The summed E-state index contributed by atoms with van der Waals surface area (Å²) >= 11 is 11.0. The van der Waals surface area contributed by atoms with Gasteiger partial charge in [-0.05, 0) is 62.3 Å². The lowest BCUT2D eigenvalue weighted by Crippen LogP contribution is -2.57. The van der Waals surface area contributed by atoms with E-state index in [9.17, 15) is 9.59 Å². The molecule has 33 heavy (non-hydrogen) atoms. The third kappa shape index (κ3) is 6.05. The number of aromatic amines is 1. The van der Waals surface area contributed by atoms with Crippen LogP contribution in [0.4, 0.5) is 5.95 Å². The highest BCUT2D eigenvalue weighted by atomic mass is 32.1. The van der Waals surface area contributed by atoms with E-state index in [0.29, 0.717) is 5.95 Å². The van der Waals surface area contributed by atoms with E-state index < -0.39 is 0 Å². The predicted octanol–water partition coefficient (Wildman–Crippen LogP) is 3.84. The molecular weight excluding hydrogens is 456 g/mol. The number of imidazole rings is 1. The van der Waals surface area contributed by atoms with E-state index in [-0.39, 0.29) is 33.9 Å². The van der Waals surface area contributed by atoms with Gasteiger partial charge in [-0.25, -0.2) is 4.98 Å². The maximum absolute atomic E-state index is 12.8. The Bertz CT molecular complexity index is 994. The molecule has 10 heteroatoms. The van der Waals surface area contributed by atoms with Gasteiger partial charge in [0.15, 0.2) is 5.11 Å². The molecule has 0 aliphatic heterocycles. The van der Waals surface area contributed by atoms with E-state index in [2.05, 4.69) is 26.0 Å². The van der Waals surface area contributed by atoms with Gasteiger partial charge in [0.05, 0.1) is 11.0 Å². The number of aromatic nitrogens is 2. The summed E-state index contributed by atoms with van der Waals surface area (Å²) in [6, 6.07) is 7.57. The Morgan fingerprint density at radius 3 is 2.06 bits per heavy atom.